The Hall–Kier alpha value is -2.48. The number of aromatic amines is 1. The molecular formula is C17H15NO. The quantitative estimate of drug-likeness (QED) is 0.683. The standard InChI is InChI=1S/C17H15NO/c1-4-11-13-8-7-12-10(3)6-9-15(19)16(12)17(13)18-14(11)5-2/h4-9,18-19H,1-2H2,3H3. The van der Waals surface area contributed by atoms with Crippen LogP contribution in [0.25, 0.3) is 33.8 Å². The predicted octanol–water partition coefficient (Wildman–Crippen LogP) is 4.62. The Kier molecular flexibility index (Phi) is 2.46. The largest absolute Gasteiger partial charge is 0.507 e. The number of aryl methyl sites for hydroxylation is 1. The summed E-state index contributed by atoms with van der Waals surface area (Å²) in [7, 11) is 0. The molecule has 2 aromatic carbocycles. The van der Waals surface area contributed by atoms with Crippen LogP contribution >= 0.6 is 0 Å². The number of rotatable bonds is 2. The first-order chi connectivity index (χ1) is 9.17. The highest BCUT2D eigenvalue weighted by Gasteiger charge is 2.12. The normalized spacial score (nSPS) is 11.0. The summed E-state index contributed by atoms with van der Waals surface area (Å²) in [6.45, 7) is 9.71. The maximum atomic E-state index is 10.2. The summed E-state index contributed by atoms with van der Waals surface area (Å²) in [6.07, 6.45) is 3.59. The van der Waals surface area contributed by atoms with Crippen molar-refractivity contribution < 1.29 is 5.11 Å². The van der Waals surface area contributed by atoms with Crippen molar-refractivity contribution in [1.29, 1.82) is 0 Å². The number of H-pyrrole nitrogens is 1. The Balaban J connectivity index is 2.61. The van der Waals surface area contributed by atoms with E-state index in [0.717, 1.165) is 38.5 Å². The van der Waals surface area contributed by atoms with E-state index in [9.17, 15) is 5.11 Å². The van der Waals surface area contributed by atoms with Gasteiger partial charge in [0.1, 0.15) is 5.75 Å². The van der Waals surface area contributed by atoms with Crippen molar-refractivity contribution in [1.82, 2.24) is 4.98 Å². The van der Waals surface area contributed by atoms with E-state index >= 15 is 0 Å². The Bertz CT molecular complexity index is 824. The molecule has 0 saturated carbocycles. The number of aromatic nitrogens is 1. The molecule has 0 bridgehead atoms. The second-order valence-electron chi connectivity index (χ2n) is 4.67. The van der Waals surface area contributed by atoms with Gasteiger partial charge in [0.2, 0.25) is 0 Å². The molecule has 2 N–H and O–H groups in total. The number of hydrogen-bond acceptors (Lipinski definition) is 1. The Morgan fingerprint density at radius 1 is 1.05 bits per heavy atom. The Morgan fingerprint density at radius 2 is 1.79 bits per heavy atom. The highest BCUT2D eigenvalue weighted by Crippen LogP contribution is 2.36. The van der Waals surface area contributed by atoms with Gasteiger partial charge in [-0.1, -0.05) is 37.4 Å². The first kappa shape index (κ1) is 11.6. The third kappa shape index (κ3) is 1.50. The maximum Gasteiger partial charge on any atom is 0.125 e. The zero-order chi connectivity index (χ0) is 13.6. The van der Waals surface area contributed by atoms with Gasteiger partial charge in [-0.05, 0) is 30.0 Å². The molecule has 94 valence electrons. The van der Waals surface area contributed by atoms with Gasteiger partial charge in [0, 0.05) is 22.0 Å². The lowest BCUT2D eigenvalue weighted by atomic mass is 10.0. The molecule has 2 heteroatoms. The molecule has 1 aromatic heterocycles. The third-order valence-corrected chi connectivity index (χ3v) is 3.63. The molecule has 19 heavy (non-hydrogen) atoms. The van der Waals surface area contributed by atoms with Crippen LogP contribution in [0.2, 0.25) is 0 Å². The van der Waals surface area contributed by atoms with Crippen LogP contribution in [-0.2, 0) is 0 Å². The monoisotopic (exact) mass is 249 g/mol. The minimum absolute atomic E-state index is 0.290. The van der Waals surface area contributed by atoms with Gasteiger partial charge in [-0.3, -0.25) is 0 Å². The number of aromatic hydroxyl groups is 1. The van der Waals surface area contributed by atoms with Crippen LogP contribution in [0.15, 0.2) is 37.4 Å². The zero-order valence-electron chi connectivity index (χ0n) is 10.8. The molecule has 0 unspecified atom stereocenters. The number of benzene rings is 2. The maximum absolute atomic E-state index is 10.2. The first-order valence-electron chi connectivity index (χ1n) is 6.19. The lowest BCUT2D eigenvalue weighted by Crippen LogP contribution is -1.81. The van der Waals surface area contributed by atoms with E-state index < -0.39 is 0 Å². The van der Waals surface area contributed by atoms with Crippen molar-refractivity contribution in [2.45, 2.75) is 6.92 Å². The van der Waals surface area contributed by atoms with Crippen LogP contribution in [0.4, 0.5) is 0 Å². The summed E-state index contributed by atoms with van der Waals surface area (Å²) in [5, 5.41) is 13.1. The molecule has 0 atom stereocenters. The molecule has 0 amide bonds. The number of phenolic OH excluding ortho intramolecular Hbond substituents is 1. The summed E-state index contributed by atoms with van der Waals surface area (Å²) in [5.41, 5.74) is 4.03. The van der Waals surface area contributed by atoms with Gasteiger partial charge in [0.15, 0.2) is 0 Å². The molecule has 3 rings (SSSR count). The molecule has 0 aliphatic heterocycles. The smallest absolute Gasteiger partial charge is 0.125 e. The van der Waals surface area contributed by atoms with E-state index in [2.05, 4.69) is 24.2 Å². The van der Waals surface area contributed by atoms with Crippen LogP contribution in [0.3, 0.4) is 0 Å². The van der Waals surface area contributed by atoms with Gasteiger partial charge in [0.25, 0.3) is 0 Å². The zero-order valence-corrected chi connectivity index (χ0v) is 10.8. The minimum Gasteiger partial charge on any atom is -0.507 e. The molecule has 0 saturated heterocycles. The third-order valence-electron chi connectivity index (χ3n) is 3.63. The molecule has 0 aliphatic rings. The van der Waals surface area contributed by atoms with Gasteiger partial charge in [-0.2, -0.15) is 0 Å². The number of hydrogen-bond donors (Lipinski definition) is 2. The van der Waals surface area contributed by atoms with E-state index in [0.29, 0.717) is 5.75 Å². The summed E-state index contributed by atoms with van der Waals surface area (Å²) in [6, 6.07) is 7.76. The predicted molar refractivity (Wildman–Crippen MR) is 82.4 cm³/mol. The molecule has 0 radical (unpaired) electrons. The fourth-order valence-corrected chi connectivity index (χ4v) is 2.66. The van der Waals surface area contributed by atoms with Gasteiger partial charge < -0.3 is 10.1 Å². The minimum atomic E-state index is 0.290. The fraction of sp³-hybridized carbons (Fsp3) is 0.0588. The highest BCUT2D eigenvalue weighted by molar-refractivity contribution is 6.12. The molecule has 1 heterocycles. The van der Waals surface area contributed by atoms with Crippen LogP contribution in [0.1, 0.15) is 16.8 Å². The molecule has 0 aliphatic carbocycles. The van der Waals surface area contributed by atoms with Crippen LogP contribution in [0, 0.1) is 6.92 Å². The number of phenols is 1. The average molecular weight is 249 g/mol. The van der Waals surface area contributed by atoms with E-state index in [1.54, 1.807) is 12.1 Å². The molecular weight excluding hydrogens is 234 g/mol. The molecule has 3 aromatic rings. The topological polar surface area (TPSA) is 36.0 Å². The summed E-state index contributed by atoms with van der Waals surface area (Å²) < 4.78 is 0. The second-order valence-corrected chi connectivity index (χ2v) is 4.67. The molecule has 0 spiro atoms. The summed E-state index contributed by atoms with van der Waals surface area (Å²) >= 11 is 0. The lowest BCUT2D eigenvalue weighted by Gasteiger charge is -2.06. The van der Waals surface area contributed by atoms with Crippen molar-refractivity contribution in [3.05, 3.63) is 54.2 Å². The average Bonchev–Trinajstić information content (AvgIpc) is 2.79. The van der Waals surface area contributed by atoms with Crippen LogP contribution in [0.5, 0.6) is 5.75 Å². The van der Waals surface area contributed by atoms with Crippen LogP contribution < -0.4 is 0 Å². The first-order valence-corrected chi connectivity index (χ1v) is 6.19. The molecule has 0 fully saturated rings. The molecule has 2 nitrogen and oxygen atoms in total. The second kappa shape index (κ2) is 4.02. The van der Waals surface area contributed by atoms with E-state index in [4.69, 9.17) is 0 Å². The highest BCUT2D eigenvalue weighted by atomic mass is 16.3. The van der Waals surface area contributed by atoms with Crippen LogP contribution in [-0.4, -0.2) is 10.1 Å². The SMILES string of the molecule is C=Cc1[nH]c2c(ccc3c(C)ccc(O)c32)c1C=C. The van der Waals surface area contributed by atoms with Crippen molar-refractivity contribution in [3.63, 3.8) is 0 Å². The van der Waals surface area contributed by atoms with Gasteiger partial charge >= 0.3 is 0 Å². The van der Waals surface area contributed by atoms with Crippen molar-refractivity contribution >= 4 is 33.8 Å². The Morgan fingerprint density at radius 3 is 2.47 bits per heavy atom. The fourth-order valence-electron chi connectivity index (χ4n) is 2.66. The van der Waals surface area contributed by atoms with Crippen molar-refractivity contribution in [3.8, 4) is 5.75 Å². The van der Waals surface area contributed by atoms with Crippen molar-refractivity contribution in [2.75, 3.05) is 0 Å². The number of fused-ring (bicyclic) bond motifs is 3. The summed E-state index contributed by atoms with van der Waals surface area (Å²) in [5.74, 6) is 0.290. The summed E-state index contributed by atoms with van der Waals surface area (Å²) in [4.78, 5) is 3.33. The van der Waals surface area contributed by atoms with Crippen molar-refractivity contribution in [2.24, 2.45) is 0 Å². The van der Waals surface area contributed by atoms with Gasteiger partial charge in [-0.15, -0.1) is 0 Å². The lowest BCUT2D eigenvalue weighted by molar-refractivity contribution is 0.482. The van der Waals surface area contributed by atoms with E-state index in [1.165, 1.54) is 0 Å². The Labute approximate surface area is 111 Å². The van der Waals surface area contributed by atoms with Gasteiger partial charge in [0.05, 0.1) is 5.52 Å². The van der Waals surface area contributed by atoms with E-state index in [-0.39, 0.29) is 0 Å². The van der Waals surface area contributed by atoms with Gasteiger partial charge in [-0.25, -0.2) is 0 Å². The van der Waals surface area contributed by atoms with E-state index in [1.807, 2.05) is 25.1 Å². The number of nitrogens with one attached hydrogen (secondary N) is 1.